The molecule has 0 amide bonds. The molecule has 0 fully saturated rings. The number of hydrogen-bond acceptors (Lipinski definition) is 4. The van der Waals surface area contributed by atoms with Crippen molar-refractivity contribution in [2.45, 2.75) is 13.1 Å². The summed E-state index contributed by atoms with van der Waals surface area (Å²) in [7, 11) is 2.11. The summed E-state index contributed by atoms with van der Waals surface area (Å²) in [6.07, 6.45) is 1.68. The van der Waals surface area contributed by atoms with Crippen LogP contribution in [-0.4, -0.2) is 16.9 Å². The number of benzene rings is 1. The normalized spacial score (nSPS) is 11.1. The summed E-state index contributed by atoms with van der Waals surface area (Å²) >= 11 is 1.62. The fraction of sp³-hybridized carbons (Fsp3) is 0.188. The number of aromatic nitrogens is 1. The Morgan fingerprint density at radius 1 is 1.10 bits per heavy atom. The van der Waals surface area contributed by atoms with Crippen molar-refractivity contribution in [1.29, 1.82) is 0 Å². The van der Waals surface area contributed by atoms with Crippen molar-refractivity contribution in [1.82, 2.24) is 9.88 Å². The van der Waals surface area contributed by atoms with E-state index in [0.29, 0.717) is 0 Å². The lowest BCUT2D eigenvalue weighted by Gasteiger charge is -2.15. The Morgan fingerprint density at radius 2 is 1.95 bits per heavy atom. The van der Waals surface area contributed by atoms with E-state index in [9.17, 15) is 0 Å². The second kappa shape index (κ2) is 6.03. The molecule has 0 saturated heterocycles. The summed E-state index contributed by atoms with van der Waals surface area (Å²) < 4.78 is 5.37. The van der Waals surface area contributed by atoms with Crippen LogP contribution in [0.5, 0.6) is 0 Å². The molecule has 20 heavy (non-hydrogen) atoms. The van der Waals surface area contributed by atoms with Crippen LogP contribution in [-0.2, 0) is 13.1 Å². The molecule has 0 unspecified atom stereocenters. The Labute approximate surface area is 122 Å². The Kier molecular flexibility index (Phi) is 3.95. The summed E-state index contributed by atoms with van der Waals surface area (Å²) in [5.41, 5.74) is 2.40. The molecule has 0 atom stereocenters. The van der Waals surface area contributed by atoms with Crippen LogP contribution in [0.4, 0.5) is 0 Å². The van der Waals surface area contributed by atoms with Crippen molar-refractivity contribution < 1.29 is 4.42 Å². The highest BCUT2D eigenvalue weighted by Crippen LogP contribution is 2.24. The van der Waals surface area contributed by atoms with E-state index in [1.165, 1.54) is 5.56 Å². The van der Waals surface area contributed by atoms with Crippen molar-refractivity contribution in [2.75, 3.05) is 7.05 Å². The zero-order valence-electron chi connectivity index (χ0n) is 11.3. The van der Waals surface area contributed by atoms with Crippen molar-refractivity contribution >= 4 is 11.3 Å². The van der Waals surface area contributed by atoms with Crippen LogP contribution in [0.2, 0.25) is 0 Å². The maximum atomic E-state index is 5.37. The smallest absolute Gasteiger partial charge is 0.162 e. The van der Waals surface area contributed by atoms with Gasteiger partial charge in [0.25, 0.3) is 0 Å². The van der Waals surface area contributed by atoms with E-state index in [4.69, 9.17) is 4.42 Å². The Hall–Kier alpha value is -1.91. The van der Waals surface area contributed by atoms with Gasteiger partial charge in [0.05, 0.1) is 12.0 Å². The molecule has 0 radical (unpaired) electrons. The van der Waals surface area contributed by atoms with Gasteiger partial charge in [-0.25, -0.2) is 4.98 Å². The van der Waals surface area contributed by atoms with E-state index in [2.05, 4.69) is 46.6 Å². The topological polar surface area (TPSA) is 29.3 Å². The van der Waals surface area contributed by atoms with Crippen molar-refractivity contribution in [2.24, 2.45) is 0 Å². The molecular formula is C16H16N2OS. The van der Waals surface area contributed by atoms with Crippen molar-refractivity contribution in [3.8, 4) is 10.8 Å². The lowest BCUT2D eigenvalue weighted by Crippen LogP contribution is -2.17. The Morgan fingerprint density at radius 3 is 2.70 bits per heavy atom. The predicted octanol–water partition coefficient (Wildman–Crippen LogP) is 4.04. The van der Waals surface area contributed by atoms with Gasteiger partial charge in [-0.15, -0.1) is 11.3 Å². The van der Waals surface area contributed by atoms with Gasteiger partial charge in [-0.1, -0.05) is 30.3 Å². The third kappa shape index (κ3) is 3.15. The first kappa shape index (κ1) is 13.1. The minimum absolute atomic E-state index is 0.839. The van der Waals surface area contributed by atoms with Crippen molar-refractivity contribution in [3.05, 3.63) is 65.4 Å². The molecule has 102 valence electrons. The van der Waals surface area contributed by atoms with Gasteiger partial charge in [0.1, 0.15) is 0 Å². The van der Waals surface area contributed by atoms with Gasteiger partial charge in [-0.3, -0.25) is 4.90 Å². The van der Waals surface area contributed by atoms with Crippen LogP contribution in [0.15, 0.2) is 58.5 Å². The van der Waals surface area contributed by atoms with Crippen LogP contribution < -0.4 is 0 Å². The SMILES string of the molecule is CN(Cc1ccccc1)Cc1csc(-c2ccco2)n1. The van der Waals surface area contributed by atoms with Gasteiger partial charge in [0.15, 0.2) is 10.8 Å². The molecule has 3 nitrogen and oxygen atoms in total. The lowest BCUT2D eigenvalue weighted by molar-refractivity contribution is 0.316. The minimum Gasteiger partial charge on any atom is -0.462 e. The molecule has 0 N–H and O–H groups in total. The molecule has 0 aliphatic rings. The molecular weight excluding hydrogens is 268 g/mol. The molecule has 0 aliphatic heterocycles. The average molecular weight is 284 g/mol. The summed E-state index contributed by atoms with van der Waals surface area (Å²) in [5, 5.41) is 3.04. The van der Waals surface area contributed by atoms with E-state index >= 15 is 0 Å². The quantitative estimate of drug-likeness (QED) is 0.708. The van der Waals surface area contributed by atoms with Gasteiger partial charge >= 0.3 is 0 Å². The summed E-state index contributed by atoms with van der Waals surface area (Å²) in [4.78, 5) is 6.88. The van der Waals surface area contributed by atoms with E-state index in [-0.39, 0.29) is 0 Å². The van der Waals surface area contributed by atoms with Crippen molar-refractivity contribution in [3.63, 3.8) is 0 Å². The fourth-order valence-electron chi connectivity index (χ4n) is 2.12. The Balaban J connectivity index is 1.63. The highest BCUT2D eigenvalue weighted by atomic mass is 32.1. The number of thiazole rings is 1. The standard InChI is InChI=1S/C16H16N2OS/c1-18(10-13-6-3-2-4-7-13)11-14-12-20-16(17-14)15-8-5-9-19-15/h2-9,12H,10-11H2,1H3. The third-order valence-electron chi connectivity index (χ3n) is 3.01. The molecule has 1 aromatic carbocycles. The number of rotatable bonds is 5. The van der Waals surface area contributed by atoms with Gasteiger partial charge in [0.2, 0.25) is 0 Å². The lowest BCUT2D eigenvalue weighted by atomic mass is 10.2. The maximum absolute atomic E-state index is 5.37. The van der Waals surface area contributed by atoms with Gasteiger partial charge in [0, 0.05) is 18.5 Å². The van der Waals surface area contributed by atoms with E-state index in [1.54, 1.807) is 17.6 Å². The largest absolute Gasteiger partial charge is 0.462 e. The molecule has 3 aromatic rings. The van der Waals surface area contributed by atoms with Gasteiger partial charge in [-0.2, -0.15) is 0 Å². The first-order valence-electron chi connectivity index (χ1n) is 6.52. The van der Waals surface area contributed by atoms with Crippen LogP contribution in [0.25, 0.3) is 10.8 Å². The maximum Gasteiger partial charge on any atom is 0.162 e. The average Bonchev–Trinajstić information content (AvgIpc) is 3.10. The summed E-state index contributed by atoms with van der Waals surface area (Å²) in [6, 6.07) is 14.3. The predicted molar refractivity (Wildman–Crippen MR) is 81.4 cm³/mol. The zero-order chi connectivity index (χ0) is 13.8. The summed E-state index contributed by atoms with van der Waals surface area (Å²) in [6.45, 7) is 1.76. The van der Waals surface area contributed by atoms with Crippen LogP contribution in [0.3, 0.4) is 0 Å². The summed E-state index contributed by atoms with van der Waals surface area (Å²) in [5.74, 6) is 0.840. The first-order valence-corrected chi connectivity index (χ1v) is 7.40. The number of hydrogen-bond donors (Lipinski definition) is 0. The second-order valence-electron chi connectivity index (χ2n) is 4.78. The molecule has 0 bridgehead atoms. The second-order valence-corrected chi connectivity index (χ2v) is 5.64. The van der Waals surface area contributed by atoms with Crippen LogP contribution in [0.1, 0.15) is 11.3 Å². The van der Waals surface area contributed by atoms with Crippen LogP contribution in [0, 0.1) is 0 Å². The monoisotopic (exact) mass is 284 g/mol. The van der Waals surface area contributed by atoms with Crippen LogP contribution >= 0.6 is 11.3 Å². The molecule has 0 aliphatic carbocycles. The molecule has 2 heterocycles. The number of nitrogens with zero attached hydrogens (tertiary/aromatic N) is 2. The fourth-order valence-corrected chi connectivity index (χ4v) is 2.90. The third-order valence-corrected chi connectivity index (χ3v) is 3.92. The molecule has 0 spiro atoms. The highest BCUT2D eigenvalue weighted by Gasteiger charge is 2.09. The highest BCUT2D eigenvalue weighted by molar-refractivity contribution is 7.13. The molecule has 3 rings (SSSR count). The molecule has 2 aromatic heterocycles. The Bertz CT molecular complexity index is 646. The van der Waals surface area contributed by atoms with E-state index in [1.807, 2.05) is 18.2 Å². The zero-order valence-corrected chi connectivity index (χ0v) is 12.1. The first-order chi connectivity index (χ1) is 9.81. The molecule has 0 saturated carbocycles. The number of furan rings is 1. The molecule has 4 heteroatoms. The van der Waals surface area contributed by atoms with Gasteiger partial charge in [-0.05, 0) is 24.7 Å². The van der Waals surface area contributed by atoms with E-state index < -0.39 is 0 Å². The minimum atomic E-state index is 0.839. The van der Waals surface area contributed by atoms with Gasteiger partial charge < -0.3 is 4.42 Å². The van der Waals surface area contributed by atoms with E-state index in [0.717, 1.165) is 29.6 Å².